The Kier molecular flexibility index (Phi) is 7.63. The van der Waals surface area contributed by atoms with Crippen molar-refractivity contribution in [2.24, 2.45) is 0 Å². The van der Waals surface area contributed by atoms with Crippen molar-refractivity contribution >= 4 is 29.0 Å². The van der Waals surface area contributed by atoms with E-state index in [1.165, 1.54) is 16.9 Å². The summed E-state index contributed by atoms with van der Waals surface area (Å²) in [5, 5.41) is 6.87. The fourth-order valence-corrected chi connectivity index (χ4v) is 6.03. The van der Waals surface area contributed by atoms with Crippen LogP contribution < -0.4 is 20.4 Å². The van der Waals surface area contributed by atoms with Gasteiger partial charge in [-0.25, -0.2) is 9.97 Å². The first-order chi connectivity index (χ1) is 19.2. The van der Waals surface area contributed by atoms with Gasteiger partial charge in [0.15, 0.2) is 0 Å². The highest BCUT2D eigenvalue weighted by Gasteiger charge is 2.45. The summed E-state index contributed by atoms with van der Waals surface area (Å²) >= 11 is 0. The van der Waals surface area contributed by atoms with Gasteiger partial charge in [0.05, 0.1) is 25.9 Å². The Bertz CT molecular complexity index is 1280. The van der Waals surface area contributed by atoms with E-state index in [2.05, 4.69) is 63.8 Å². The van der Waals surface area contributed by atoms with Crippen molar-refractivity contribution in [1.82, 2.24) is 20.3 Å². The third-order valence-corrected chi connectivity index (χ3v) is 8.01. The Labute approximate surface area is 231 Å². The minimum Gasteiger partial charge on any atom is -0.378 e. The zero-order chi connectivity index (χ0) is 26.8. The summed E-state index contributed by atoms with van der Waals surface area (Å²) in [6.07, 6.45) is 4.07. The van der Waals surface area contributed by atoms with Crippen molar-refractivity contribution in [2.75, 3.05) is 54.6 Å². The molecule has 0 aliphatic carbocycles. The fraction of sp³-hybridized carbons (Fsp3) is 0.500. The number of benzene rings is 1. The van der Waals surface area contributed by atoms with Gasteiger partial charge in [-0.1, -0.05) is 19.9 Å². The molecular weight excluding hydrogens is 490 g/mol. The molecule has 2 fully saturated rings. The lowest BCUT2D eigenvalue weighted by Crippen LogP contribution is -2.40. The number of hydrogen-bond donors (Lipinski definition) is 2. The third kappa shape index (κ3) is 5.18. The van der Waals surface area contributed by atoms with Gasteiger partial charge in [0.25, 0.3) is 0 Å². The minimum absolute atomic E-state index is 0.204. The van der Waals surface area contributed by atoms with Gasteiger partial charge < -0.3 is 29.9 Å². The first-order valence-electron chi connectivity index (χ1n) is 14.4. The van der Waals surface area contributed by atoms with E-state index in [1.54, 1.807) is 0 Å². The maximum absolute atomic E-state index is 6.07. The maximum Gasteiger partial charge on any atom is 0.229 e. The highest BCUT2D eigenvalue weighted by atomic mass is 16.5. The molecule has 0 spiro atoms. The molecule has 6 heterocycles. The summed E-state index contributed by atoms with van der Waals surface area (Å²) in [6, 6.07) is 13.1. The van der Waals surface area contributed by atoms with Gasteiger partial charge in [0, 0.05) is 73.4 Å². The molecule has 2 unspecified atom stereocenters. The second-order valence-electron chi connectivity index (χ2n) is 10.4. The first kappa shape index (κ1) is 26.0. The lowest BCUT2D eigenvalue weighted by atomic mass is 9.91. The molecule has 2 saturated heterocycles. The number of morpholine rings is 1. The van der Waals surface area contributed by atoms with E-state index in [4.69, 9.17) is 24.4 Å². The van der Waals surface area contributed by atoms with Gasteiger partial charge in [0.1, 0.15) is 11.6 Å². The minimum atomic E-state index is 0.204. The van der Waals surface area contributed by atoms with E-state index in [1.807, 2.05) is 20.0 Å². The maximum atomic E-state index is 6.07. The molecule has 3 aromatic rings. The second-order valence-corrected chi connectivity index (χ2v) is 10.4. The van der Waals surface area contributed by atoms with Crippen LogP contribution in [0.5, 0.6) is 0 Å². The number of pyridine rings is 1. The van der Waals surface area contributed by atoms with E-state index in [-0.39, 0.29) is 18.1 Å². The molecule has 1 aromatic carbocycles. The van der Waals surface area contributed by atoms with Crippen LogP contribution in [0, 0.1) is 0 Å². The summed E-state index contributed by atoms with van der Waals surface area (Å²) in [4.78, 5) is 19.6. The second kappa shape index (κ2) is 11.5. The van der Waals surface area contributed by atoms with Crippen LogP contribution in [-0.4, -0.2) is 66.6 Å². The number of nitrogens with one attached hydrogen (secondary N) is 2. The molecule has 0 amide bonds. The predicted octanol–water partition coefficient (Wildman–Crippen LogP) is 4.54. The first-order valence-corrected chi connectivity index (χ1v) is 14.4. The quantitative estimate of drug-likeness (QED) is 0.506. The van der Waals surface area contributed by atoms with Crippen molar-refractivity contribution in [2.45, 2.75) is 58.2 Å². The number of rotatable bonds is 4. The monoisotopic (exact) mass is 529 g/mol. The molecule has 3 atom stereocenters. The normalized spacial score (nSPS) is 23.7. The summed E-state index contributed by atoms with van der Waals surface area (Å²) < 4.78 is 11.6. The highest BCUT2D eigenvalue weighted by Crippen LogP contribution is 2.47. The van der Waals surface area contributed by atoms with Crippen LogP contribution in [0.15, 0.2) is 42.6 Å². The summed E-state index contributed by atoms with van der Waals surface area (Å²) in [5.74, 6) is 2.75. The van der Waals surface area contributed by atoms with Crippen molar-refractivity contribution in [3.8, 4) is 0 Å². The van der Waals surface area contributed by atoms with Gasteiger partial charge in [0.2, 0.25) is 5.95 Å². The Morgan fingerprint density at radius 2 is 1.85 bits per heavy atom. The third-order valence-electron chi connectivity index (χ3n) is 8.01. The van der Waals surface area contributed by atoms with Crippen molar-refractivity contribution < 1.29 is 9.47 Å². The number of nitrogens with zero attached hydrogens (tertiary/aromatic N) is 5. The van der Waals surface area contributed by atoms with Crippen LogP contribution in [0.4, 0.5) is 29.0 Å². The van der Waals surface area contributed by atoms with E-state index in [9.17, 15) is 0 Å². The number of aromatic nitrogens is 3. The molecule has 4 aliphatic rings. The summed E-state index contributed by atoms with van der Waals surface area (Å²) in [7, 11) is 0. The number of anilines is 5. The van der Waals surface area contributed by atoms with E-state index in [0.717, 1.165) is 75.1 Å². The van der Waals surface area contributed by atoms with Crippen LogP contribution in [0.1, 0.15) is 49.9 Å². The zero-order valence-electron chi connectivity index (χ0n) is 23.2. The molecule has 4 aliphatic heterocycles. The highest BCUT2D eigenvalue weighted by molar-refractivity contribution is 5.69. The Morgan fingerprint density at radius 1 is 1.03 bits per heavy atom. The Morgan fingerprint density at radius 3 is 2.67 bits per heavy atom. The number of fused-ring (bicyclic) bond motifs is 4. The lowest BCUT2D eigenvalue weighted by molar-refractivity contribution is 0.00949. The SMILES string of the molecule is CC.CC1C[C@@H]2C(CO1)c1cnc(Nc3ccc(N4CCOCC4)cc3)nc1N2c1ccc2c(n1)CCNC2. The molecule has 206 valence electrons. The van der Waals surface area contributed by atoms with Gasteiger partial charge >= 0.3 is 0 Å². The van der Waals surface area contributed by atoms with E-state index in [0.29, 0.717) is 12.6 Å². The Hall–Kier alpha value is -3.27. The molecule has 2 N–H and O–H groups in total. The smallest absolute Gasteiger partial charge is 0.229 e. The fourth-order valence-electron chi connectivity index (χ4n) is 6.03. The van der Waals surface area contributed by atoms with Crippen LogP contribution in [0.25, 0.3) is 0 Å². The molecule has 9 heteroatoms. The molecule has 39 heavy (non-hydrogen) atoms. The zero-order valence-corrected chi connectivity index (χ0v) is 23.2. The average molecular weight is 530 g/mol. The lowest BCUT2D eigenvalue weighted by Gasteiger charge is -2.35. The van der Waals surface area contributed by atoms with Crippen molar-refractivity contribution in [1.29, 1.82) is 0 Å². The van der Waals surface area contributed by atoms with Crippen molar-refractivity contribution in [3.05, 3.63) is 59.4 Å². The average Bonchev–Trinajstić information content (AvgIpc) is 3.31. The number of ether oxygens (including phenoxy) is 2. The topological polar surface area (TPSA) is 87.7 Å². The van der Waals surface area contributed by atoms with Gasteiger partial charge in [-0.2, -0.15) is 4.98 Å². The summed E-state index contributed by atoms with van der Waals surface area (Å²) in [6.45, 7) is 12.1. The summed E-state index contributed by atoms with van der Waals surface area (Å²) in [5.41, 5.74) is 5.80. The molecule has 0 saturated carbocycles. The van der Waals surface area contributed by atoms with Crippen LogP contribution in [0.3, 0.4) is 0 Å². The van der Waals surface area contributed by atoms with Crippen LogP contribution in [0.2, 0.25) is 0 Å². The van der Waals surface area contributed by atoms with Gasteiger partial charge in [-0.3, -0.25) is 0 Å². The Balaban J connectivity index is 0.00000135. The van der Waals surface area contributed by atoms with Gasteiger partial charge in [-0.15, -0.1) is 0 Å². The largest absolute Gasteiger partial charge is 0.378 e. The molecule has 2 aromatic heterocycles. The van der Waals surface area contributed by atoms with Crippen LogP contribution in [-0.2, 0) is 22.4 Å². The molecular formula is C30H39N7O2. The number of hydrogen-bond acceptors (Lipinski definition) is 9. The molecule has 0 bridgehead atoms. The molecule has 7 rings (SSSR count). The predicted molar refractivity (Wildman–Crippen MR) is 154 cm³/mol. The van der Waals surface area contributed by atoms with Gasteiger partial charge in [-0.05, 0) is 49.2 Å². The van der Waals surface area contributed by atoms with Crippen molar-refractivity contribution in [3.63, 3.8) is 0 Å². The molecule has 9 nitrogen and oxygen atoms in total. The van der Waals surface area contributed by atoms with E-state index >= 15 is 0 Å². The standard InChI is InChI=1S/C28H33N7O2.C2H6/c1-18-14-25-23(17-37-18)22-16-30-28(31-20-3-5-21(6-4-20)34-10-12-36-13-11-34)33-27(22)35(25)26-7-2-19-15-29-9-8-24(19)32-26;1-2/h2-7,16,18,23,25,29H,8-15,17H2,1H3,(H,30,31,33);1-2H3/t18?,23?,25-;/m1./s1. The molecule has 0 radical (unpaired) electrons. The van der Waals surface area contributed by atoms with Crippen LogP contribution >= 0.6 is 0 Å². The van der Waals surface area contributed by atoms with E-state index < -0.39 is 0 Å².